The minimum absolute atomic E-state index is 0.225. The van der Waals surface area contributed by atoms with Gasteiger partial charge in [-0.05, 0) is 35.9 Å². The molecule has 5 nitrogen and oxygen atoms in total. The molecule has 2 aromatic rings. The zero-order valence-electron chi connectivity index (χ0n) is 12.2. The molecular formula is C16H12Cl3N3O2. The van der Waals surface area contributed by atoms with Crippen molar-refractivity contribution in [2.45, 2.75) is 0 Å². The molecule has 0 saturated carbocycles. The van der Waals surface area contributed by atoms with Crippen LogP contribution < -0.4 is 10.7 Å². The van der Waals surface area contributed by atoms with Crippen molar-refractivity contribution in [2.75, 3.05) is 6.54 Å². The topological polar surface area (TPSA) is 70.6 Å². The number of hydrazone groups is 1. The van der Waals surface area contributed by atoms with Crippen LogP contribution in [0, 0.1) is 0 Å². The lowest BCUT2D eigenvalue weighted by Crippen LogP contribution is -2.34. The molecule has 24 heavy (non-hydrogen) atoms. The molecule has 0 fully saturated rings. The summed E-state index contributed by atoms with van der Waals surface area (Å²) in [5.41, 5.74) is 3.39. The molecule has 0 atom stereocenters. The van der Waals surface area contributed by atoms with Crippen LogP contribution in [0.15, 0.2) is 47.6 Å². The van der Waals surface area contributed by atoms with E-state index in [1.54, 1.807) is 24.3 Å². The summed E-state index contributed by atoms with van der Waals surface area (Å²) in [6.45, 7) is -0.225. The van der Waals surface area contributed by atoms with Crippen LogP contribution in [0.25, 0.3) is 0 Å². The van der Waals surface area contributed by atoms with Gasteiger partial charge in [0.1, 0.15) is 0 Å². The van der Waals surface area contributed by atoms with Gasteiger partial charge in [-0.2, -0.15) is 5.10 Å². The van der Waals surface area contributed by atoms with Crippen molar-refractivity contribution in [3.63, 3.8) is 0 Å². The zero-order chi connectivity index (χ0) is 17.5. The second kappa shape index (κ2) is 8.68. The lowest BCUT2D eigenvalue weighted by molar-refractivity contribution is -0.120. The van der Waals surface area contributed by atoms with Gasteiger partial charge < -0.3 is 5.32 Å². The Morgan fingerprint density at radius 1 is 1.00 bits per heavy atom. The largest absolute Gasteiger partial charge is 0.343 e. The van der Waals surface area contributed by atoms with Crippen molar-refractivity contribution < 1.29 is 9.59 Å². The Hall–Kier alpha value is -2.08. The number of halogens is 3. The van der Waals surface area contributed by atoms with Gasteiger partial charge in [0.25, 0.3) is 11.8 Å². The van der Waals surface area contributed by atoms with Gasteiger partial charge in [0.05, 0.1) is 22.8 Å². The zero-order valence-corrected chi connectivity index (χ0v) is 14.5. The fourth-order valence-corrected chi connectivity index (χ4v) is 2.09. The van der Waals surface area contributed by atoms with Gasteiger partial charge >= 0.3 is 0 Å². The maximum absolute atomic E-state index is 11.9. The number of amides is 2. The second-order valence-corrected chi connectivity index (χ2v) is 5.91. The Morgan fingerprint density at radius 3 is 2.38 bits per heavy atom. The third kappa shape index (κ3) is 5.53. The van der Waals surface area contributed by atoms with Gasteiger partial charge in [-0.1, -0.05) is 46.9 Å². The molecule has 0 heterocycles. The van der Waals surface area contributed by atoms with Crippen molar-refractivity contribution in [3.05, 3.63) is 68.7 Å². The molecule has 2 amide bonds. The van der Waals surface area contributed by atoms with Gasteiger partial charge in [-0.3, -0.25) is 9.59 Å². The van der Waals surface area contributed by atoms with Crippen LogP contribution in [-0.4, -0.2) is 24.6 Å². The molecule has 2 rings (SSSR count). The fourth-order valence-electron chi connectivity index (χ4n) is 1.67. The van der Waals surface area contributed by atoms with E-state index < -0.39 is 11.8 Å². The normalized spacial score (nSPS) is 10.6. The van der Waals surface area contributed by atoms with Crippen molar-refractivity contribution >= 4 is 52.8 Å². The number of hydrogen-bond donors (Lipinski definition) is 2. The number of carbonyl (C=O) groups excluding carboxylic acids is 2. The van der Waals surface area contributed by atoms with E-state index in [1.807, 2.05) is 0 Å². The van der Waals surface area contributed by atoms with Crippen LogP contribution in [0.4, 0.5) is 0 Å². The molecular weight excluding hydrogens is 373 g/mol. The Morgan fingerprint density at radius 2 is 1.71 bits per heavy atom. The molecule has 2 N–H and O–H groups in total. The monoisotopic (exact) mass is 383 g/mol. The predicted molar refractivity (Wildman–Crippen MR) is 96.0 cm³/mol. The quantitative estimate of drug-likeness (QED) is 0.611. The highest BCUT2D eigenvalue weighted by Gasteiger charge is 2.09. The first kappa shape index (κ1) is 18.3. The third-order valence-electron chi connectivity index (χ3n) is 2.86. The molecule has 124 valence electrons. The Bertz CT molecular complexity index is 777. The van der Waals surface area contributed by atoms with Gasteiger partial charge in [0.2, 0.25) is 0 Å². The summed E-state index contributed by atoms with van der Waals surface area (Å²) < 4.78 is 0. The highest BCUT2D eigenvalue weighted by atomic mass is 35.5. The average Bonchev–Trinajstić information content (AvgIpc) is 2.57. The van der Waals surface area contributed by atoms with E-state index in [1.165, 1.54) is 24.4 Å². The summed E-state index contributed by atoms with van der Waals surface area (Å²) in [7, 11) is 0. The lowest BCUT2D eigenvalue weighted by atomic mass is 10.2. The average molecular weight is 385 g/mol. The Kier molecular flexibility index (Phi) is 6.61. The standard InChI is InChI=1S/C16H12Cl3N3O2/c17-12-4-1-10(2-5-12)8-21-22-15(23)9-20-16(24)11-3-6-13(18)14(19)7-11/h1-8H,9H2,(H,20,24)(H,22,23). The van der Waals surface area contributed by atoms with Crippen LogP contribution in [0.1, 0.15) is 15.9 Å². The summed E-state index contributed by atoms with van der Waals surface area (Å²) in [6.07, 6.45) is 1.47. The molecule has 0 spiro atoms. The molecule has 0 aromatic heterocycles. The second-order valence-electron chi connectivity index (χ2n) is 4.66. The van der Waals surface area contributed by atoms with Gasteiger partial charge in [0.15, 0.2) is 0 Å². The minimum atomic E-state index is -0.464. The van der Waals surface area contributed by atoms with E-state index in [9.17, 15) is 9.59 Å². The fraction of sp³-hybridized carbons (Fsp3) is 0.0625. The molecule has 0 unspecified atom stereocenters. The van der Waals surface area contributed by atoms with Gasteiger partial charge in [-0.15, -0.1) is 0 Å². The highest BCUT2D eigenvalue weighted by Crippen LogP contribution is 2.22. The van der Waals surface area contributed by atoms with E-state index in [0.717, 1.165) is 5.56 Å². The number of nitrogens with one attached hydrogen (secondary N) is 2. The first-order chi connectivity index (χ1) is 11.5. The molecule has 0 radical (unpaired) electrons. The van der Waals surface area contributed by atoms with Crippen LogP contribution in [0.2, 0.25) is 15.1 Å². The van der Waals surface area contributed by atoms with Crippen molar-refractivity contribution in [1.29, 1.82) is 0 Å². The smallest absolute Gasteiger partial charge is 0.259 e. The van der Waals surface area contributed by atoms with Crippen molar-refractivity contribution in [3.8, 4) is 0 Å². The molecule has 0 aliphatic rings. The maximum Gasteiger partial charge on any atom is 0.259 e. The van der Waals surface area contributed by atoms with Crippen molar-refractivity contribution in [1.82, 2.24) is 10.7 Å². The maximum atomic E-state index is 11.9. The first-order valence-corrected chi connectivity index (χ1v) is 7.90. The summed E-state index contributed by atoms with van der Waals surface area (Å²) in [6, 6.07) is 11.4. The van der Waals surface area contributed by atoms with Gasteiger partial charge in [-0.25, -0.2) is 5.43 Å². The molecule has 8 heteroatoms. The number of rotatable bonds is 5. The van der Waals surface area contributed by atoms with E-state index in [0.29, 0.717) is 15.6 Å². The molecule has 0 aliphatic heterocycles. The minimum Gasteiger partial charge on any atom is -0.343 e. The summed E-state index contributed by atoms with van der Waals surface area (Å²) in [5.74, 6) is -0.904. The van der Waals surface area contributed by atoms with Crippen LogP contribution in [-0.2, 0) is 4.79 Å². The summed E-state index contributed by atoms with van der Waals surface area (Å²) in [5, 5.41) is 7.47. The highest BCUT2D eigenvalue weighted by molar-refractivity contribution is 6.42. The molecule has 2 aromatic carbocycles. The first-order valence-electron chi connectivity index (χ1n) is 6.76. The van der Waals surface area contributed by atoms with E-state index in [4.69, 9.17) is 34.8 Å². The summed E-state index contributed by atoms with van der Waals surface area (Å²) >= 11 is 17.4. The number of nitrogens with zero attached hydrogens (tertiary/aromatic N) is 1. The summed E-state index contributed by atoms with van der Waals surface area (Å²) in [4.78, 5) is 23.5. The lowest BCUT2D eigenvalue weighted by Gasteiger charge is -2.05. The predicted octanol–water partition coefficient (Wildman–Crippen LogP) is 3.53. The number of hydrogen-bond acceptors (Lipinski definition) is 3. The van der Waals surface area contributed by atoms with Crippen LogP contribution >= 0.6 is 34.8 Å². The van der Waals surface area contributed by atoms with E-state index in [2.05, 4.69) is 15.8 Å². The molecule has 0 aliphatic carbocycles. The van der Waals surface area contributed by atoms with Crippen molar-refractivity contribution in [2.24, 2.45) is 5.10 Å². The van der Waals surface area contributed by atoms with Crippen LogP contribution in [0.5, 0.6) is 0 Å². The van der Waals surface area contributed by atoms with E-state index >= 15 is 0 Å². The van der Waals surface area contributed by atoms with E-state index in [-0.39, 0.29) is 11.6 Å². The Labute approximate surface area is 153 Å². The van der Waals surface area contributed by atoms with Gasteiger partial charge in [0, 0.05) is 10.6 Å². The SMILES string of the molecule is O=C(CNC(=O)c1ccc(Cl)c(Cl)c1)NN=Cc1ccc(Cl)cc1. The number of benzene rings is 2. The molecule has 0 saturated heterocycles. The Balaban J connectivity index is 1.81. The number of carbonyl (C=O) groups is 2. The molecule has 0 bridgehead atoms. The third-order valence-corrected chi connectivity index (χ3v) is 3.86. The van der Waals surface area contributed by atoms with Crippen LogP contribution in [0.3, 0.4) is 0 Å².